The molecule has 0 aliphatic heterocycles. The van der Waals surface area contributed by atoms with Gasteiger partial charge in [0.15, 0.2) is 0 Å². The Balaban J connectivity index is 0.0000144. The van der Waals surface area contributed by atoms with E-state index in [1.807, 2.05) is 61.1 Å². The molecule has 0 aromatic heterocycles. The molecule has 0 saturated heterocycles. The van der Waals surface area contributed by atoms with Crippen LogP contribution in [-0.4, -0.2) is 188 Å². The van der Waals surface area contributed by atoms with Crippen molar-refractivity contribution in [3.63, 3.8) is 0 Å². The monoisotopic (exact) mass is 1460 g/mol. The molecule has 482 valence electrons. The summed E-state index contributed by atoms with van der Waals surface area (Å²) in [6.07, 6.45) is 0. The maximum absolute atomic E-state index is 13.4. The fraction of sp³-hybridized carbons (Fsp3) is 0.400. The van der Waals surface area contributed by atoms with Crippen molar-refractivity contribution in [3.05, 3.63) is 207 Å². The second-order valence-electron chi connectivity index (χ2n) is 21.2. The predicted molar refractivity (Wildman–Crippen MR) is 345 cm³/mol. The first kappa shape index (κ1) is 94.6. The van der Waals surface area contributed by atoms with Crippen molar-refractivity contribution < 1.29 is 228 Å². The maximum atomic E-state index is 13.4. The van der Waals surface area contributed by atoms with Crippen LogP contribution in [-0.2, 0) is 60.1 Å². The van der Waals surface area contributed by atoms with E-state index in [4.69, 9.17) is 0 Å². The Morgan fingerprint density at radius 1 is 0.202 bits per heavy atom. The van der Waals surface area contributed by atoms with E-state index < -0.39 is 60.1 Å². The summed E-state index contributed by atoms with van der Waals surface area (Å²) < 4.78 is 185. The van der Waals surface area contributed by atoms with Crippen LogP contribution in [0.5, 0.6) is 0 Å². The second kappa shape index (κ2) is 45.7. The minimum absolute atomic E-state index is 0. The van der Waals surface area contributed by atoms with Gasteiger partial charge in [0.2, 0.25) is 0 Å². The van der Waals surface area contributed by atoms with Gasteiger partial charge in [-0.2, -0.15) is 0 Å². The molecule has 0 saturated carbocycles. The summed E-state index contributed by atoms with van der Waals surface area (Å²) in [7, 11) is -24.5. The molecule has 0 N–H and O–H groups in total. The van der Waals surface area contributed by atoms with Crippen LogP contribution in [0.4, 0.5) is 0 Å². The minimum atomic E-state index is -4.09. The van der Waals surface area contributed by atoms with E-state index >= 15 is 0 Å². The molecule has 6 aromatic rings. The van der Waals surface area contributed by atoms with Gasteiger partial charge in [-0.1, -0.05) is 106 Å². The third-order valence-corrected chi connectivity index (χ3v) is 22.5. The van der Waals surface area contributed by atoms with Crippen LogP contribution in [0.3, 0.4) is 0 Å². The molecule has 0 amide bonds. The van der Waals surface area contributed by atoms with Crippen molar-refractivity contribution in [1.82, 2.24) is 19.6 Å². The van der Waals surface area contributed by atoms with Crippen molar-refractivity contribution in [1.29, 1.82) is 0 Å². The standard InChI is InChI=1S/C60H78N10O12S6.6Na/c1-49-7-19-55(20-8-49)83(71,72)61-31-37-67(38-32-62-84(73,74)56-21-9-50(2)10-22-56)43-46-70(47-44-68(39-33-63-85(75,76)57-23-11-51(3)12-24-57)40-34-64-86(77,78)58-25-13-52(4)14-26-58)48-45-69(41-35-65-87(79,80)59-27-15-53(5)16-28-59)42-36-66-88(81,82)60-29-17-54(6)18-30-60;;;;;;/h7-30H,31-48H2,1-6H3;;;;;;/q-6;6*+1. The first-order chi connectivity index (χ1) is 41.5. The van der Waals surface area contributed by atoms with Gasteiger partial charge in [0.05, 0.1) is 0 Å². The van der Waals surface area contributed by atoms with Crippen molar-refractivity contribution in [3.8, 4) is 0 Å². The Labute approximate surface area is 693 Å². The van der Waals surface area contributed by atoms with Gasteiger partial charge in [0.1, 0.15) is 60.1 Å². The summed E-state index contributed by atoms with van der Waals surface area (Å²) in [6, 6.07) is 37.5. The average molecular weight is 1460 g/mol. The van der Waals surface area contributed by atoms with E-state index in [0.29, 0.717) is 0 Å². The molecule has 22 nitrogen and oxygen atoms in total. The predicted octanol–water partition coefficient (Wildman–Crippen LogP) is -9.36. The van der Waals surface area contributed by atoms with E-state index in [9.17, 15) is 50.5 Å². The average Bonchev–Trinajstić information content (AvgIpc) is 0.978. The molecule has 0 aliphatic carbocycles. The van der Waals surface area contributed by atoms with Gasteiger partial charge < -0.3 is 43.0 Å². The number of sulfonamides is 6. The quantitative estimate of drug-likeness (QED) is 0.0324. The van der Waals surface area contributed by atoms with Gasteiger partial charge in [-0.05, 0) is 154 Å². The summed E-state index contributed by atoms with van der Waals surface area (Å²) in [6.45, 7) is 11.4. The van der Waals surface area contributed by atoms with Gasteiger partial charge in [0, 0.05) is 68.6 Å². The Kier molecular flexibility index (Phi) is 46.0. The first-order valence-electron chi connectivity index (χ1n) is 28.4. The summed E-state index contributed by atoms with van der Waals surface area (Å²) in [5.41, 5.74) is 5.14. The van der Waals surface area contributed by atoms with Crippen LogP contribution < -0.4 is 177 Å². The molecule has 0 aliphatic rings. The van der Waals surface area contributed by atoms with Gasteiger partial charge >= 0.3 is 177 Å². The molecule has 6 rings (SSSR count). The fourth-order valence-electron chi connectivity index (χ4n) is 8.71. The number of hydrogen-bond donors (Lipinski definition) is 0. The van der Waals surface area contributed by atoms with Gasteiger partial charge in [-0.25, -0.2) is 50.5 Å². The van der Waals surface area contributed by atoms with Crippen LogP contribution in [0.2, 0.25) is 0 Å². The number of benzene rings is 6. The van der Waals surface area contributed by atoms with Crippen LogP contribution >= 0.6 is 0 Å². The molecular formula is C60H78N10Na6O12S6. The third-order valence-electron chi connectivity index (χ3n) is 14.2. The van der Waals surface area contributed by atoms with E-state index in [1.165, 1.54) is 72.8 Å². The first-order valence-corrected chi connectivity index (χ1v) is 37.1. The van der Waals surface area contributed by atoms with Crippen LogP contribution in [0.25, 0.3) is 28.3 Å². The minimum Gasteiger partial charge on any atom is -0.544 e. The SMILES string of the molecule is Cc1ccc(S(=O)(=O)[N-]CCN(CC[N-]S(=O)(=O)c2ccc(C)cc2)CCN(CCN(CC[N-]S(=O)(=O)c2ccc(C)cc2)CC[N-]S(=O)(=O)c2ccc(C)cc2)CCN(CC[N-]S(=O)(=O)c2ccc(C)cc2)CC[N-]S(=O)(=O)c2ccc(C)cc2)cc1.[Na+].[Na+].[Na+].[Na+].[Na+].[Na+]. The number of hydrogen-bond acceptors (Lipinski definition) is 16. The third kappa shape index (κ3) is 32.9. The molecule has 0 radical (unpaired) electrons. The van der Waals surface area contributed by atoms with Crippen molar-refractivity contribution in [2.75, 3.05) is 118 Å². The molecule has 0 spiro atoms. The number of nitrogens with zero attached hydrogens (tertiary/aromatic N) is 10. The molecule has 0 unspecified atom stereocenters. The molecule has 0 fully saturated rings. The number of aryl methyl sites for hydroxylation is 6. The van der Waals surface area contributed by atoms with Crippen LogP contribution in [0.1, 0.15) is 33.4 Å². The second-order valence-corrected chi connectivity index (χ2v) is 31.3. The van der Waals surface area contributed by atoms with Gasteiger partial charge in [0.25, 0.3) is 0 Å². The van der Waals surface area contributed by atoms with Gasteiger partial charge in [-0.15, -0.1) is 39.3 Å². The molecule has 0 bridgehead atoms. The largest absolute Gasteiger partial charge is 1.00 e. The van der Waals surface area contributed by atoms with Gasteiger partial charge in [-0.3, -0.25) is 4.90 Å². The number of rotatable bonds is 39. The molecule has 94 heavy (non-hydrogen) atoms. The van der Waals surface area contributed by atoms with E-state index in [0.717, 1.165) is 33.4 Å². The zero-order valence-electron chi connectivity index (χ0n) is 56.4. The Bertz CT molecular complexity index is 3250. The maximum Gasteiger partial charge on any atom is 1.00 e. The summed E-state index contributed by atoms with van der Waals surface area (Å²) in [5, 5.41) is 0. The summed E-state index contributed by atoms with van der Waals surface area (Å²) in [5.74, 6) is 0. The van der Waals surface area contributed by atoms with E-state index in [2.05, 4.69) is 28.3 Å². The molecule has 34 heteroatoms. The Hall–Kier alpha value is 0.620. The molecule has 6 aromatic carbocycles. The van der Waals surface area contributed by atoms with E-state index in [-0.39, 0.29) is 325 Å². The van der Waals surface area contributed by atoms with Crippen LogP contribution in [0, 0.1) is 41.5 Å². The Morgan fingerprint density at radius 2 is 0.309 bits per heavy atom. The summed E-state index contributed by atoms with van der Waals surface area (Å²) >= 11 is 0. The summed E-state index contributed by atoms with van der Waals surface area (Å²) in [4.78, 5) is 7.55. The van der Waals surface area contributed by atoms with Crippen molar-refractivity contribution in [2.24, 2.45) is 0 Å². The fourth-order valence-corrected chi connectivity index (χ4v) is 14.4. The smallest absolute Gasteiger partial charge is 0.544 e. The van der Waals surface area contributed by atoms with E-state index in [1.54, 1.807) is 72.8 Å². The Morgan fingerprint density at radius 3 is 0.426 bits per heavy atom. The molecule has 0 atom stereocenters. The molecule has 0 heterocycles. The normalized spacial score (nSPS) is 12.1. The zero-order valence-corrected chi connectivity index (χ0v) is 73.3. The van der Waals surface area contributed by atoms with Crippen molar-refractivity contribution in [2.45, 2.75) is 70.9 Å². The molecular weight excluding hydrogens is 1380 g/mol. The van der Waals surface area contributed by atoms with Crippen LogP contribution in [0.15, 0.2) is 175 Å². The topological polar surface area (TPSA) is 302 Å². The van der Waals surface area contributed by atoms with Crippen molar-refractivity contribution >= 4 is 60.1 Å². The zero-order chi connectivity index (χ0) is 64.2.